The largest absolute Gasteiger partial charge is 0.504 e. The second-order valence-electron chi connectivity index (χ2n) is 8.95. The maximum atomic E-state index is 14.1. The van der Waals surface area contributed by atoms with Gasteiger partial charge in [-0.25, -0.2) is 9.37 Å². The molecule has 0 radical (unpaired) electrons. The monoisotopic (exact) mass is 571 g/mol. The molecule has 2 aromatic heterocycles. The summed E-state index contributed by atoms with van der Waals surface area (Å²) < 4.78 is 14.1. The fourth-order valence-electron chi connectivity index (χ4n) is 4.27. The fourth-order valence-corrected chi connectivity index (χ4v) is 4.48. The molecular formula is C25H29Cl3FN5O3. The normalized spacial score (nSPS) is 17.8. The lowest BCUT2D eigenvalue weighted by Gasteiger charge is -2.31. The molecule has 1 fully saturated rings. The summed E-state index contributed by atoms with van der Waals surface area (Å²) in [6.07, 6.45) is 4.64. The van der Waals surface area contributed by atoms with Gasteiger partial charge in [0.1, 0.15) is 5.52 Å². The number of ketones is 1. The van der Waals surface area contributed by atoms with Crippen molar-refractivity contribution in [1.29, 1.82) is 0 Å². The molecule has 1 saturated carbocycles. The first-order valence-electron chi connectivity index (χ1n) is 11.5. The maximum absolute atomic E-state index is 14.1. The molecule has 200 valence electrons. The molecule has 1 amide bonds. The van der Waals surface area contributed by atoms with E-state index in [4.69, 9.17) is 17.3 Å². The van der Waals surface area contributed by atoms with Crippen molar-refractivity contribution in [3.63, 3.8) is 0 Å². The minimum absolute atomic E-state index is 0. The molecule has 37 heavy (non-hydrogen) atoms. The molecule has 4 rings (SSSR count). The Morgan fingerprint density at radius 1 is 1.16 bits per heavy atom. The van der Waals surface area contributed by atoms with Gasteiger partial charge in [-0.3, -0.25) is 14.6 Å². The van der Waals surface area contributed by atoms with Crippen molar-refractivity contribution in [3.05, 3.63) is 46.9 Å². The van der Waals surface area contributed by atoms with Crippen LogP contribution in [-0.2, 0) is 4.79 Å². The van der Waals surface area contributed by atoms with Crippen LogP contribution in [0.2, 0.25) is 5.02 Å². The van der Waals surface area contributed by atoms with Crippen molar-refractivity contribution < 1.29 is 19.1 Å². The number of nitrogens with two attached hydrogens (primary N) is 1. The molecule has 3 aromatic rings. The highest BCUT2D eigenvalue weighted by atomic mass is 35.5. The van der Waals surface area contributed by atoms with Crippen molar-refractivity contribution in [3.8, 4) is 17.0 Å². The molecule has 12 heteroatoms. The number of phenolic OH excluding ortho intramolecular Hbond substituents is 1. The second-order valence-corrected chi connectivity index (χ2v) is 9.35. The second kappa shape index (κ2) is 12.7. The minimum atomic E-state index is -0.851. The van der Waals surface area contributed by atoms with Crippen molar-refractivity contribution in [2.45, 2.75) is 57.7 Å². The highest BCUT2D eigenvalue weighted by Crippen LogP contribution is 2.34. The molecule has 1 aliphatic rings. The number of carbonyl (C=O) groups excluding carboxylic acids is 2. The third-order valence-electron chi connectivity index (χ3n) is 6.24. The van der Waals surface area contributed by atoms with Gasteiger partial charge >= 0.3 is 0 Å². The topological polar surface area (TPSA) is 130 Å². The number of rotatable bonds is 6. The minimum Gasteiger partial charge on any atom is -0.504 e. The third kappa shape index (κ3) is 6.78. The van der Waals surface area contributed by atoms with E-state index in [2.05, 4.69) is 20.6 Å². The predicted octanol–water partition coefficient (Wildman–Crippen LogP) is 5.03. The highest BCUT2D eigenvalue weighted by Gasteiger charge is 2.25. The number of Topliss-reactive ketones (excluding diaryl/α,β-unsaturated/α-hetero) is 1. The van der Waals surface area contributed by atoms with Gasteiger partial charge in [0.25, 0.3) is 0 Å². The average Bonchev–Trinajstić information content (AvgIpc) is 2.83. The van der Waals surface area contributed by atoms with E-state index in [-0.39, 0.29) is 53.6 Å². The number of phenols is 1. The zero-order chi connectivity index (χ0) is 25.3. The van der Waals surface area contributed by atoms with Gasteiger partial charge in [-0.05, 0) is 63.8 Å². The molecule has 0 spiro atoms. The van der Waals surface area contributed by atoms with E-state index in [1.54, 1.807) is 19.1 Å². The van der Waals surface area contributed by atoms with Crippen LogP contribution in [-0.4, -0.2) is 44.9 Å². The lowest BCUT2D eigenvalue weighted by atomic mass is 9.90. The zero-order valence-electron chi connectivity index (χ0n) is 20.3. The summed E-state index contributed by atoms with van der Waals surface area (Å²) in [5.41, 5.74) is 8.48. The molecular weight excluding hydrogens is 544 g/mol. The first-order chi connectivity index (χ1) is 16.6. The van der Waals surface area contributed by atoms with Gasteiger partial charge in [-0.2, -0.15) is 0 Å². The summed E-state index contributed by atoms with van der Waals surface area (Å²) in [5.74, 6) is -1.79. The van der Waals surface area contributed by atoms with Gasteiger partial charge in [-0.1, -0.05) is 11.6 Å². The Kier molecular flexibility index (Phi) is 10.5. The summed E-state index contributed by atoms with van der Waals surface area (Å²) >= 11 is 5.95. The molecule has 1 atom stereocenters. The smallest absolute Gasteiger partial charge is 0.236 e. The van der Waals surface area contributed by atoms with E-state index in [0.29, 0.717) is 33.5 Å². The quantitative estimate of drug-likeness (QED) is 0.305. The average molecular weight is 573 g/mol. The number of aromatic hydroxyl groups is 1. The number of nitrogens with zero attached hydrogens (tertiary/aromatic N) is 2. The van der Waals surface area contributed by atoms with Gasteiger partial charge in [0, 0.05) is 23.8 Å². The van der Waals surface area contributed by atoms with E-state index in [1.807, 2.05) is 0 Å². The van der Waals surface area contributed by atoms with Crippen LogP contribution in [0.1, 0.15) is 49.9 Å². The molecule has 8 nitrogen and oxygen atoms in total. The van der Waals surface area contributed by atoms with Gasteiger partial charge < -0.3 is 21.5 Å². The Balaban J connectivity index is 0.00000241. The molecule has 0 bridgehead atoms. The number of anilines is 1. The lowest BCUT2D eigenvalue weighted by molar-refractivity contribution is -0.122. The lowest BCUT2D eigenvalue weighted by Crippen LogP contribution is -2.46. The van der Waals surface area contributed by atoms with Crippen LogP contribution in [0.5, 0.6) is 5.75 Å². The van der Waals surface area contributed by atoms with E-state index >= 15 is 0 Å². The van der Waals surface area contributed by atoms with Crippen LogP contribution < -0.4 is 16.4 Å². The van der Waals surface area contributed by atoms with Crippen LogP contribution in [0.3, 0.4) is 0 Å². The predicted molar refractivity (Wildman–Crippen MR) is 148 cm³/mol. The first kappa shape index (κ1) is 30.5. The van der Waals surface area contributed by atoms with Gasteiger partial charge in [0.15, 0.2) is 17.3 Å². The summed E-state index contributed by atoms with van der Waals surface area (Å²) in [6.45, 7) is 3.12. The zero-order valence-corrected chi connectivity index (χ0v) is 22.6. The summed E-state index contributed by atoms with van der Waals surface area (Å²) in [5, 5.41) is 16.0. The Morgan fingerprint density at radius 3 is 2.41 bits per heavy atom. The number of hydrogen-bond acceptors (Lipinski definition) is 7. The Morgan fingerprint density at radius 2 is 1.81 bits per heavy atom. The summed E-state index contributed by atoms with van der Waals surface area (Å²) in [6, 6.07) is 5.58. The van der Waals surface area contributed by atoms with E-state index in [1.165, 1.54) is 19.2 Å². The van der Waals surface area contributed by atoms with E-state index in [9.17, 15) is 19.1 Å². The van der Waals surface area contributed by atoms with Crippen molar-refractivity contribution in [2.75, 3.05) is 5.32 Å². The summed E-state index contributed by atoms with van der Waals surface area (Å²) in [4.78, 5) is 33.4. The Bertz CT molecular complexity index is 1280. The first-order valence-corrected chi connectivity index (χ1v) is 11.8. The van der Waals surface area contributed by atoms with Crippen LogP contribution >= 0.6 is 36.4 Å². The van der Waals surface area contributed by atoms with Crippen molar-refractivity contribution >= 4 is 64.8 Å². The van der Waals surface area contributed by atoms with Gasteiger partial charge in [0.2, 0.25) is 5.91 Å². The molecule has 0 aliphatic heterocycles. The SMILES string of the molecule is CC(=O)c1cnc2ccc(-c3cc(F)c(O)c(Cl)c3)nc2c1N[C@H]1CC[C@H](NC(=O)C(C)N)CC1.Cl.Cl. The molecule has 1 unspecified atom stereocenters. The summed E-state index contributed by atoms with van der Waals surface area (Å²) in [7, 11) is 0. The van der Waals surface area contributed by atoms with Crippen molar-refractivity contribution in [1.82, 2.24) is 15.3 Å². The van der Waals surface area contributed by atoms with E-state index < -0.39 is 17.6 Å². The number of halogens is 4. The number of pyridine rings is 2. The number of nitrogens with one attached hydrogen (secondary N) is 2. The molecule has 5 N–H and O–H groups in total. The van der Waals surface area contributed by atoms with Gasteiger partial charge in [-0.15, -0.1) is 24.8 Å². The Hall–Kier alpha value is -2.72. The molecule has 1 aliphatic carbocycles. The van der Waals surface area contributed by atoms with Crippen LogP contribution in [0.25, 0.3) is 22.3 Å². The number of fused-ring (bicyclic) bond motifs is 1. The number of benzene rings is 1. The number of aromatic nitrogens is 2. The Labute approximate surface area is 231 Å². The van der Waals surface area contributed by atoms with Crippen molar-refractivity contribution in [2.24, 2.45) is 5.73 Å². The standard InChI is InChI=1S/C25H27ClFN5O3.2ClH/c1-12(28)25(35)31-16-5-3-15(4-6-16)30-22-17(13(2)33)11-29-21-8-7-20(32-23(21)22)14-9-18(26)24(34)19(27)10-14;;/h7-12,15-16,34H,3-6,28H2,1-2H3,(H,29,30)(H,31,35);2*1H/t12?,15-,16-;;. The van der Waals surface area contributed by atoms with Crippen LogP contribution in [0, 0.1) is 5.82 Å². The molecule has 2 heterocycles. The van der Waals surface area contributed by atoms with E-state index in [0.717, 1.165) is 31.7 Å². The fraction of sp³-hybridized carbons (Fsp3) is 0.360. The number of amides is 1. The molecule has 0 saturated heterocycles. The van der Waals surface area contributed by atoms with Crippen LogP contribution in [0.15, 0.2) is 30.5 Å². The third-order valence-corrected chi connectivity index (χ3v) is 6.53. The number of hydrogen-bond donors (Lipinski definition) is 4. The number of carbonyl (C=O) groups is 2. The van der Waals surface area contributed by atoms with Gasteiger partial charge in [0.05, 0.1) is 33.5 Å². The highest BCUT2D eigenvalue weighted by molar-refractivity contribution is 6.32. The maximum Gasteiger partial charge on any atom is 0.236 e. The molecule has 1 aromatic carbocycles. The van der Waals surface area contributed by atoms with Crippen LogP contribution in [0.4, 0.5) is 10.1 Å².